The van der Waals surface area contributed by atoms with Crippen LogP contribution in [0.2, 0.25) is 0 Å². The van der Waals surface area contributed by atoms with Gasteiger partial charge in [0.1, 0.15) is 0 Å². The van der Waals surface area contributed by atoms with Crippen LogP contribution >= 0.6 is 0 Å². The van der Waals surface area contributed by atoms with Gasteiger partial charge >= 0.3 is 0 Å². The SMILES string of the molecule is O=C1CC(c2ccccc2)N(C(=O)CN2CCCC2=O)CCN1. The zero-order valence-corrected chi connectivity index (χ0v) is 13.0. The molecule has 0 aliphatic carbocycles. The van der Waals surface area contributed by atoms with Gasteiger partial charge in [0.05, 0.1) is 19.0 Å². The molecule has 1 aromatic rings. The highest BCUT2D eigenvalue weighted by Gasteiger charge is 2.32. The minimum absolute atomic E-state index is 0.0404. The molecule has 6 nitrogen and oxygen atoms in total. The van der Waals surface area contributed by atoms with Crippen LogP contribution in [0.5, 0.6) is 0 Å². The van der Waals surface area contributed by atoms with Crippen molar-refractivity contribution >= 4 is 17.7 Å². The van der Waals surface area contributed by atoms with E-state index in [0.717, 1.165) is 12.0 Å². The van der Waals surface area contributed by atoms with Gasteiger partial charge in [-0.3, -0.25) is 14.4 Å². The Hall–Kier alpha value is -2.37. The number of likely N-dealkylation sites (tertiary alicyclic amines) is 1. The van der Waals surface area contributed by atoms with Gasteiger partial charge in [0.2, 0.25) is 17.7 Å². The van der Waals surface area contributed by atoms with Crippen molar-refractivity contribution in [2.24, 2.45) is 0 Å². The molecule has 2 saturated heterocycles. The normalized spacial score (nSPS) is 22.0. The summed E-state index contributed by atoms with van der Waals surface area (Å²) in [5.41, 5.74) is 0.950. The van der Waals surface area contributed by atoms with Crippen LogP contribution in [0.1, 0.15) is 30.9 Å². The summed E-state index contributed by atoms with van der Waals surface area (Å²) in [5.74, 6) is -0.101. The fourth-order valence-electron chi connectivity index (χ4n) is 3.23. The first-order valence-corrected chi connectivity index (χ1v) is 8.04. The summed E-state index contributed by atoms with van der Waals surface area (Å²) >= 11 is 0. The zero-order valence-electron chi connectivity index (χ0n) is 13.0. The van der Waals surface area contributed by atoms with Gasteiger partial charge in [0, 0.05) is 26.1 Å². The minimum Gasteiger partial charge on any atom is -0.354 e. The summed E-state index contributed by atoms with van der Waals surface area (Å²) < 4.78 is 0. The van der Waals surface area contributed by atoms with Crippen LogP contribution in [0, 0.1) is 0 Å². The Morgan fingerprint density at radius 1 is 1.17 bits per heavy atom. The molecule has 2 aliphatic heterocycles. The van der Waals surface area contributed by atoms with E-state index < -0.39 is 0 Å². The molecular weight excluding hydrogens is 294 g/mol. The summed E-state index contributed by atoms with van der Waals surface area (Å²) in [5, 5.41) is 2.82. The van der Waals surface area contributed by atoms with Gasteiger partial charge in [-0.1, -0.05) is 30.3 Å². The zero-order chi connectivity index (χ0) is 16.2. The Morgan fingerprint density at radius 2 is 1.96 bits per heavy atom. The second-order valence-corrected chi connectivity index (χ2v) is 5.99. The van der Waals surface area contributed by atoms with Crippen LogP contribution in [-0.2, 0) is 14.4 Å². The van der Waals surface area contributed by atoms with Crippen molar-refractivity contribution in [2.45, 2.75) is 25.3 Å². The highest BCUT2D eigenvalue weighted by molar-refractivity contribution is 5.87. The van der Waals surface area contributed by atoms with E-state index in [1.165, 1.54) is 0 Å². The molecule has 3 amide bonds. The number of hydrogen-bond donors (Lipinski definition) is 1. The van der Waals surface area contributed by atoms with Gasteiger partial charge in [-0.25, -0.2) is 0 Å². The molecule has 0 saturated carbocycles. The van der Waals surface area contributed by atoms with Gasteiger partial charge in [-0.2, -0.15) is 0 Å². The van der Waals surface area contributed by atoms with Crippen molar-refractivity contribution < 1.29 is 14.4 Å². The van der Waals surface area contributed by atoms with Gasteiger partial charge in [0.25, 0.3) is 0 Å². The number of rotatable bonds is 3. The molecule has 0 radical (unpaired) electrons. The molecule has 122 valence electrons. The van der Waals surface area contributed by atoms with Crippen LogP contribution in [0.3, 0.4) is 0 Å². The molecule has 2 fully saturated rings. The third-order valence-electron chi connectivity index (χ3n) is 4.43. The number of hydrogen-bond acceptors (Lipinski definition) is 3. The lowest BCUT2D eigenvalue weighted by atomic mass is 10.0. The summed E-state index contributed by atoms with van der Waals surface area (Å²) in [6.45, 7) is 1.66. The Bertz CT molecular complexity index is 602. The summed E-state index contributed by atoms with van der Waals surface area (Å²) in [6.07, 6.45) is 1.59. The highest BCUT2D eigenvalue weighted by atomic mass is 16.2. The topological polar surface area (TPSA) is 69.7 Å². The number of nitrogens with one attached hydrogen (secondary N) is 1. The fourth-order valence-corrected chi connectivity index (χ4v) is 3.23. The summed E-state index contributed by atoms with van der Waals surface area (Å²) in [7, 11) is 0. The van der Waals surface area contributed by atoms with Crippen molar-refractivity contribution in [2.75, 3.05) is 26.2 Å². The molecule has 23 heavy (non-hydrogen) atoms. The molecule has 3 rings (SSSR count). The molecule has 1 aromatic carbocycles. The standard InChI is InChI=1S/C17H21N3O3/c21-15-11-14(13-5-2-1-3-6-13)20(10-8-18-15)17(23)12-19-9-4-7-16(19)22/h1-3,5-6,14H,4,7-12H2,(H,18,21). The van der Waals surface area contributed by atoms with E-state index in [9.17, 15) is 14.4 Å². The van der Waals surface area contributed by atoms with Crippen LogP contribution in [-0.4, -0.2) is 53.7 Å². The molecule has 6 heteroatoms. The smallest absolute Gasteiger partial charge is 0.242 e. The number of carbonyl (C=O) groups is 3. The van der Waals surface area contributed by atoms with E-state index in [2.05, 4.69) is 5.32 Å². The third-order valence-corrected chi connectivity index (χ3v) is 4.43. The number of carbonyl (C=O) groups excluding carboxylic acids is 3. The number of benzene rings is 1. The average Bonchev–Trinajstić information content (AvgIpc) is 2.84. The second-order valence-electron chi connectivity index (χ2n) is 5.99. The predicted octanol–water partition coefficient (Wildman–Crippen LogP) is 0.699. The van der Waals surface area contributed by atoms with E-state index in [-0.39, 0.29) is 36.7 Å². The quantitative estimate of drug-likeness (QED) is 0.892. The first-order valence-electron chi connectivity index (χ1n) is 8.04. The second kappa shape index (κ2) is 6.81. The lowest BCUT2D eigenvalue weighted by molar-refractivity contribution is -0.140. The van der Waals surface area contributed by atoms with Crippen LogP contribution in [0.25, 0.3) is 0 Å². The van der Waals surface area contributed by atoms with Gasteiger partial charge in [-0.05, 0) is 12.0 Å². The lowest BCUT2D eigenvalue weighted by Gasteiger charge is -2.31. The van der Waals surface area contributed by atoms with Crippen LogP contribution in [0.15, 0.2) is 30.3 Å². The van der Waals surface area contributed by atoms with Crippen molar-refractivity contribution in [1.29, 1.82) is 0 Å². The minimum atomic E-state index is -0.274. The van der Waals surface area contributed by atoms with Gasteiger partial charge in [-0.15, -0.1) is 0 Å². The van der Waals surface area contributed by atoms with Crippen LogP contribution < -0.4 is 5.32 Å². The maximum absolute atomic E-state index is 12.7. The first kappa shape index (κ1) is 15.5. The largest absolute Gasteiger partial charge is 0.354 e. The Labute approximate surface area is 135 Å². The summed E-state index contributed by atoms with van der Waals surface area (Å²) in [6, 6.07) is 9.32. The van der Waals surface area contributed by atoms with Crippen molar-refractivity contribution in [3.8, 4) is 0 Å². The molecular formula is C17H21N3O3. The fraction of sp³-hybridized carbons (Fsp3) is 0.471. The van der Waals surface area contributed by atoms with E-state index in [0.29, 0.717) is 26.1 Å². The number of nitrogens with zero attached hydrogens (tertiary/aromatic N) is 2. The molecule has 1 N–H and O–H groups in total. The molecule has 1 unspecified atom stereocenters. The Balaban J connectivity index is 1.79. The number of amides is 3. The van der Waals surface area contributed by atoms with E-state index >= 15 is 0 Å². The third kappa shape index (κ3) is 3.52. The average molecular weight is 315 g/mol. The molecule has 2 aliphatic rings. The van der Waals surface area contributed by atoms with E-state index in [1.807, 2.05) is 30.3 Å². The highest BCUT2D eigenvalue weighted by Crippen LogP contribution is 2.26. The van der Waals surface area contributed by atoms with Crippen LogP contribution in [0.4, 0.5) is 0 Å². The predicted molar refractivity (Wildman–Crippen MR) is 84.3 cm³/mol. The maximum atomic E-state index is 12.7. The lowest BCUT2D eigenvalue weighted by Crippen LogP contribution is -2.43. The molecule has 0 spiro atoms. The van der Waals surface area contributed by atoms with Crippen molar-refractivity contribution in [3.63, 3.8) is 0 Å². The van der Waals surface area contributed by atoms with Crippen molar-refractivity contribution in [3.05, 3.63) is 35.9 Å². The van der Waals surface area contributed by atoms with Gasteiger partial charge < -0.3 is 15.1 Å². The van der Waals surface area contributed by atoms with Crippen molar-refractivity contribution in [1.82, 2.24) is 15.1 Å². The van der Waals surface area contributed by atoms with Gasteiger partial charge in [0.15, 0.2) is 0 Å². The molecule has 1 atom stereocenters. The maximum Gasteiger partial charge on any atom is 0.242 e. The Kier molecular flexibility index (Phi) is 4.60. The molecule has 0 aromatic heterocycles. The van der Waals surface area contributed by atoms with E-state index in [1.54, 1.807) is 9.80 Å². The first-order chi connectivity index (χ1) is 11.1. The monoisotopic (exact) mass is 315 g/mol. The molecule has 2 heterocycles. The summed E-state index contributed by atoms with van der Waals surface area (Å²) in [4.78, 5) is 39.8. The molecule has 0 bridgehead atoms. The van der Waals surface area contributed by atoms with E-state index in [4.69, 9.17) is 0 Å². The Morgan fingerprint density at radius 3 is 2.65 bits per heavy atom.